The van der Waals surface area contributed by atoms with E-state index in [-0.39, 0.29) is 41.7 Å². The van der Waals surface area contributed by atoms with Crippen LogP contribution in [-0.4, -0.2) is 36.3 Å². The van der Waals surface area contributed by atoms with Gasteiger partial charge in [0, 0.05) is 24.6 Å². The molecule has 0 bridgehead atoms. The number of amidine groups is 1. The van der Waals surface area contributed by atoms with E-state index in [2.05, 4.69) is 21.3 Å². The van der Waals surface area contributed by atoms with Crippen LogP contribution in [0.5, 0.6) is 0 Å². The van der Waals surface area contributed by atoms with Crippen LogP contribution in [0.1, 0.15) is 41.5 Å². The molecule has 1 aliphatic heterocycles. The summed E-state index contributed by atoms with van der Waals surface area (Å²) in [6, 6.07) is 19.9. The second-order valence-corrected chi connectivity index (χ2v) is 10.2. The molecule has 0 aliphatic carbocycles. The molecule has 11 heteroatoms. The first-order chi connectivity index (χ1) is 20.2. The van der Waals surface area contributed by atoms with Gasteiger partial charge in [-0.05, 0) is 48.2 Å². The third-order valence-electron chi connectivity index (χ3n) is 6.64. The lowest BCUT2D eigenvalue weighted by Crippen LogP contribution is -2.47. The smallest absolute Gasteiger partial charge is 0.413 e. The molecule has 1 heterocycles. The van der Waals surface area contributed by atoms with Crippen LogP contribution in [0.2, 0.25) is 5.02 Å². The van der Waals surface area contributed by atoms with Crippen molar-refractivity contribution in [2.24, 2.45) is 0 Å². The van der Waals surface area contributed by atoms with Crippen LogP contribution < -0.4 is 21.3 Å². The number of hydrogen-bond donors (Lipinski definition) is 5. The monoisotopic (exact) mass is 591 g/mol. The fraction of sp³-hybridized carbons (Fsp3) is 0.226. The van der Waals surface area contributed by atoms with Gasteiger partial charge in [-0.25, -0.2) is 9.18 Å². The van der Waals surface area contributed by atoms with Crippen molar-refractivity contribution in [3.63, 3.8) is 0 Å². The third kappa shape index (κ3) is 8.40. The number of carbonyl (C=O) groups excluding carboxylic acids is 3. The number of amides is 3. The minimum absolute atomic E-state index is 0.0307. The molecule has 0 saturated carbocycles. The molecule has 42 heavy (non-hydrogen) atoms. The molecule has 1 aliphatic rings. The van der Waals surface area contributed by atoms with Gasteiger partial charge in [0.25, 0.3) is 5.91 Å². The van der Waals surface area contributed by atoms with Gasteiger partial charge in [0.2, 0.25) is 5.91 Å². The summed E-state index contributed by atoms with van der Waals surface area (Å²) in [5.41, 5.74) is 3.18. The Labute approximate surface area is 248 Å². The quantitative estimate of drug-likeness (QED) is 0.184. The number of nitrogens with one attached hydrogen (secondary N) is 5. The fourth-order valence-corrected chi connectivity index (χ4v) is 4.40. The summed E-state index contributed by atoms with van der Waals surface area (Å²) in [6.07, 6.45) is 1.91. The number of benzene rings is 3. The molecule has 3 aromatic carbocycles. The molecule has 4 rings (SSSR count). The number of rotatable bonds is 9. The first kappa shape index (κ1) is 30.3. The Morgan fingerprint density at radius 3 is 2.50 bits per heavy atom. The van der Waals surface area contributed by atoms with Crippen LogP contribution in [0, 0.1) is 11.2 Å². The summed E-state index contributed by atoms with van der Waals surface area (Å²) in [5.74, 6) is -1.36. The minimum Gasteiger partial charge on any atom is -0.444 e. The number of halogens is 2. The van der Waals surface area contributed by atoms with E-state index in [0.717, 1.165) is 17.5 Å². The van der Waals surface area contributed by atoms with Gasteiger partial charge < -0.3 is 20.7 Å². The van der Waals surface area contributed by atoms with Crippen LogP contribution in [0.25, 0.3) is 0 Å². The van der Waals surface area contributed by atoms with Gasteiger partial charge in [-0.2, -0.15) is 0 Å². The lowest BCUT2D eigenvalue weighted by atomic mass is 9.92. The van der Waals surface area contributed by atoms with E-state index in [9.17, 15) is 18.8 Å². The molecule has 0 fully saturated rings. The molecular weight excluding hydrogens is 561 g/mol. The zero-order valence-corrected chi connectivity index (χ0v) is 23.6. The van der Waals surface area contributed by atoms with E-state index < -0.39 is 18.0 Å². The van der Waals surface area contributed by atoms with Gasteiger partial charge in [0.15, 0.2) is 0 Å². The average molecular weight is 592 g/mol. The topological polar surface area (TPSA) is 132 Å². The molecule has 9 nitrogen and oxygen atoms in total. The van der Waals surface area contributed by atoms with Gasteiger partial charge in [0.1, 0.15) is 24.3 Å². The summed E-state index contributed by atoms with van der Waals surface area (Å²) in [4.78, 5) is 37.4. The van der Waals surface area contributed by atoms with E-state index in [1.54, 1.807) is 31.2 Å². The van der Waals surface area contributed by atoms with Crippen LogP contribution in [0.4, 0.5) is 9.18 Å². The standard InChI is InChI=1S/C31H31ClFN5O4/c1-19(37-30(40)27-16-24(13-14-35-27)22-5-3-2-4-6-22)29(39)36-17-20-7-10-23(11-8-20)28(34)38-31(41)42-18-21-9-12-25(32)26(33)15-21/h2-12,15-16,19,24,35H,13-14,17-18H2,1H3,(H,36,39)(H,37,40)(H2,34,38,41)/t19-,24-/m0/s1. The van der Waals surface area contributed by atoms with Crippen molar-refractivity contribution in [1.82, 2.24) is 21.3 Å². The lowest BCUT2D eigenvalue weighted by molar-refractivity contribution is -0.127. The predicted molar refractivity (Wildman–Crippen MR) is 157 cm³/mol. The molecular formula is C31H31ClFN5O4. The Hall–Kier alpha value is -4.70. The summed E-state index contributed by atoms with van der Waals surface area (Å²) >= 11 is 5.64. The second kappa shape index (κ2) is 14.3. The van der Waals surface area contributed by atoms with Crippen LogP contribution >= 0.6 is 11.6 Å². The lowest BCUT2D eigenvalue weighted by Gasteiger charge is -2.23. The molecule has 0 saturated heterocycles. The summed E-state index contributed by atoms with van der Waals surface area (Å²) in [7, 11) is 0. The molecule has 0 radical (unpaired) electrons. The highest BCUT2D eigenvalue weighted by Gasteiger charge is 2.22. The molecule has 2 atom stereocenters. The van der Waals surface area contributed by atoms with Crippen molar-refractivity contribution in [3.8, 4) is 0 Å². The van der Waals surface area contributed by atoms with Crippen LogP contribution in [-0.2, 0) is 27.5 Å². The second-order valence-electron chi connectivity index (χ2n) is 9.75. The van der Waals surface area contributed by atoms with Crippen molar-refractivity contribution < 1.29 is 23.5 Å². The Kier molecular flexibility index (Phi) is 10.3. The number of alkyl carbamates (subject to hydrolysis) is 1. The highest BCUT2D eigenvalue weighted by molar-refractivity contribution is 6.30. The minimum atomic E-state index is -0.863. The van der Waals surface area contributed by atoms with E-state index >= 15 is 0 Å². The molecule has 218 valence electrons. The SMILES string of the molecule is C[C@H](NC(=O)C1=C[C@@H](c2ccccc2)CCN1)C(=O)NCc1ccc(C(=N)NC(=O)OCc2ccc(Cl)c(F)c2)cc1. The molecule has 0 spiro atoms. The Balaban J connectivity index is 1.21. The van der Waals surface area contributed by atoms with Crippen molar-refractivity contribution in [2.45, 2.75) is 38.5 Å². The van der Waals surface area contributed by atoms with Crippen LogP contribution in [0.3, 0.4) is 0 Å². The Morgan fingerprint density at radius 2 is 1.79 bits per heavy atom. The van der Waals surface area contributed by atoms with Crippen molar-refractivity contribution in [3.05, 3.63) is 118 Å². The number of allylic oxidation sites excluding steroid dienone is 1. The maximum absolute atomic E-state index is 13.5. The normalized spacial score (nSPS) is 14.9. The van der Waals surface area contributed by atoms with Gasteiger partial charge in [0.05, 0.1) is 10.7 Å². The summed E-state index contributed by atoms with van der Waals surface area (Å²) < 4.78 is 18.6. The van der Waals surface area contributed by atoms with Gasteiger partial charge in [-0.1, -0.05) is 72.3 Å². The largest absolute Gasteiger partial charge is 0.444 e. The zero-order chi connectivity index (χ0) is 30.1. The number of carbonyl (C=O) groups is 3. The first-order valence-corrected chi connectivity index (χ1v) is 13.7. The maximum atomic E-state index is 13.5. The third-order valence-corrected chi connectivity index (χ3v) is 6.95. The Bertz CT molecular complexity index is 1480. The van der Waals surface area contributed by atoms with E-state index in [1.165, 1.54) is 18.2 Å². The molecule has 0 aromatic heterocycles. The van der Waals surface area contributed by atoms with E-state index in [1.807, 2.05) is 36.4 Å². The first-order valence-electron chi connectivity index (χ1n) is 13.3. The van der Waals surface area contributed by atoms with Gasteiger partial charge in [-0.3, -0.25) is 20.3 Å². The van der Waals surface area contributed by atoms with Crippen LogP contribution in [0.15, 0.2) is 84.6 Å². The van der Waals surface area contributed by atoms with Gasteiger partial charge >= 0.3 is 6.09 Å². The zero-order valence-electron chi connectivity index (χ0n) is 22.9. The number of hydrogen-bond acceptors (Lipinski definition) is 6. The van der Waals surface area contributed by atoms with E-state index in [0.29, 0.717) is 23.4 Å². The highest BCUT2D eigenvalue weighted by atomic mass is 35.5. The molecule has 5 N–H and O–H groups in total. The molecule has 3 amide bonds. The van der Waals surface area contributed by atoms with Crippen molar-refractivity contribution in [2.75, 3.05) is 6.54 Å². The van der Waals surface area contributed by atoms with Crippen molar-refractivity contribution >= 4 is 35.3 Å². The average Bonchev–Trinajstić information content (AvgIpc) is 3.01. The highest BCUT2D eigenvalue weighted by Crippen LogP contribution is 2.24. The predicted octanol–water partition coefficient (Wildman–Crippen LogP) is 4.51. The Morgan fingerprint density at radius 1 is 1.07 bits per heavy atom. The van der Waals surface area contributed by atoms with Gasteiger partial charge in [-0.15, -0.1) is 0 Å². The summed E-state index contributed by atoms with van der Waals surface area (Å²) in [6.45, 7) is 2.29. The summed E-state index contributed by atoms with van der Waals surface area (Å²) in [5, 5.41) is 19.0. The fourth-order valence-electron chi connectivity index (χ4n) is 4.28. The molecule has 0 unspecified atom stereocenters. The van der Waals surface area contributed by atoms with E-state index in [4.69, 9.17) is 21.7 Å². The van der Waals surface area contributed by atoms with Crippen molar-refractivity contribution in [1.29, 1.82) is 5.41 Å². The maximum Gasteiger partial charge on any atom is 0.413 e. The molecule has 3 aromatic rings. The number of ether oxygens (including phenoxy) is 1.